The summed E-state index contributed by atoms with van der Waals surface area (Å²) in [7, 11) is 0. The number of rotatable bonds is 8. The molecule has 3 N–H and O–H groups in total. The van der Waals surface area contributed by atoms with Crippen LogP contribution in [0.5, 0.6) is 0 Å². The van der Waals surface area contributed by atoms with E-state index in [1.807, 2.05) is 0 Å². The predicted molar refractivity (Wildman–Crippen MR) is 81.6 cm³/mol. The predicted octanol–water partition coefficient (Wildman–Crippen LogP) is 1.83. The average Bonchev–Trinajstić information content (AvgIpc) is 2.79. The smallest absolute Gasteiger partial charge is 0.223 e. The number of aromatic nitrogens is 2. The molecular formula is C15H28N4O2. The van der Waals surface area contributed by atoms with Crippen LogP contribution in [-0.4, -0.2) is 29.1 Å². The number of hydrogen-bond acceptors (Lipinski definition) is 5. The summed E-state index contributed by atoms with van der Waals surface area (Å²) in [5.74, 6) is 1.71. The van der Waals surface area contributed by atoms with E-state index < -0.39 is 0 Å². The molecule has 1 aromatic heterocycles. The van der Waals surface area contributed by atoms with Crippen molar-refractivity contribution in [3.05, 3.63) is 11.7 Å². The van der Waals surface area contributed by atoms with Gasteiger partial charge in [0.2, 0.25) is 11.8 Å². The Morgan fingerprint density at radius 2 is 2.10 bits per heavy atom. The van der Waals surface area contributed by atoms with Crippen molar-refractivity contribution in [3.8, 4) is 0 Å². The lowest BCUT2D eigenvalue weighted by Gasteiger charge is -2.30. The van der Waals surface area contributed by atoms with Crippen molar-refractivity contribution in [2.24, 2.45) is 17.1 Å². The van der Waals surface area contributed by atoms with E-state index in [1.165, 1.54) is 0 Å². The second-order valence-electron chi connectivity index (χ2n) is 6.51. The molecule has 6 nitrogen and oxygen atoms in total. The molecule has 0 spiro atoms. The fourth-order valence-electron chi connectivity index (χ4n) is 2.36. The van der Waals surface area contributed by atoms with Gasteiger partial charge in [0.25, 0.3) is 0 Å². The maximum atomic E-state index is 11.9. The molecule has 6 heteroatoms. The number of nitrogens with two attached hydrogens (primary N) is 1. The molecule has 0 radical (unpaired) electrons. The van der Waals surface area contributed by atoms with Crippen molar-refractivity contribution >= 4 is 5.91 Å². The Kier molecular flexibility index (Phi) is 6.81. The highest BCUT2D eigenvalue weighted by Gasteiger charge is 2.24. The van der Waals surface area contributed by atoms with E-state index >= 15 is 0 Å². The normalized spacial score (nSPS) is 13.2. The molecule has 1 aromatic rings. The molecule has 1 unspecified atom stereocenters. The van der Waals surface area contributed by atoms with Gasteiger partial charge >= 0.3 is 0 Å². The van der Waals surface area contributed by atoms with Crippen LogP contribution >= 0.6 is 0 Å². The third-order valence-corrected chi connectivity index (χ3v) is 3.70. The summed E-state index contributed by atoms with van der Waals surface area (Å²) in [4.78, 5) is 16.0. The molecule has 0 saturated carbocycles. The quantitative estimate of drug-likeness (QED) is 0.763. The van der Waals surface area contributed by atoms with Gasteiger partial charge in [-0.1, -0.05) is 25.9 Å². The third-order valence-electron chi connectivity index (χ3n) is 3.70. The first-order valence-corrected chi connectivity index (χ1v) is 7.59. The van der Waals surface area contributed by atoms with Gasteiger partial charge in [0.05, 0.1) is 0 Å². The molecule has 120 valence electrons. The van der Waals surface area contributed by atoms with Crippen molar-refractivity contribution in [1.29, 1.82) is 0 Å². The lowest BCUT2D eigenvalue weighted by molar-refractivity contribution is -0.121. The molecule has 1 heterocycles. The van der Waals surface area contributed by atoms with Crippen LogP contribution < -0.4 is 11.1 Å². The van der Waals surface area contributed by atoms with Gasteiger partial charge in [-0.15, -0.1) is 0 Å². The van der Waals surface area contributed by atoms with E-state index in [1.54, 1.807) is 6.92 Å². The Morgan fingerprint density at radius 1 is 1.38 bits per heavy atom. The van der Waals surface area contributed by atoms with Crippen molar-refractivity contribution in [2.45, 2.75) is 53.4 Å². The van der Waals surface area contributed by atoms with Crippen LogP contribution in [0.25, 0.3) is 0 Å². The van der Waals surface area contributed by atoms with Crippen LogP contribution in [-0.2, 0) is 11.2 Å². The van der Waals surface area contributed by atoms with Crippen LogP contribution in [0.3, 0.4) is 0 Å². The summed E-state index contributed by atoms with van der Waals surface area (Å²) in [6, 6.07) is 0. The fourth-order valence-corrected chi connectivity index (χ4v) is 2.36. The molecule has 0 aliphatic rings. The Labute approximate surface area is 126 Å². The van der Waals surface area contributed by atoms with Crippen molar-refractivity contribution in [1.82, 2.24) is 15.5 Å². The second-order valence-corrected chi connectivity index (χ2v) is 6.51. The third kappa shape index (κ3) is 6.71. The number of hydrogen-bond donors (Lipinski definition) is 2. The highest BCUT2D eigenvalue weighted by atomic mass is 16.5. The first kappa shape index (κ1) is 17.6. The SMILES string of the molecule is Cc1nc(CCNC(=O)CCC(CCN)C(C)(C)C)no1. The second kappa shape index (κ2) is 8.12. The molecule has 21 heavy (non-hydrogen) atoms. The van der Waals surface area contributed by atoms with Crippen LogP contribution in [0.2, 0.25) is 0 Å². The summed E-state index contributed by atoms with van der Waals surface area (Å²) < 4.78 is 4.88. The Bertz CT molecular complexity index is 437. The molecule has 0 fully saturated rings. The summed E-state index contributed by atoms with van der Waals surface area (Å²) in [6.45, 7) is 9.55. The monoisotopic (exact) mass is 296 g/mol. The van der Waals surface area contributed by atoms with Gasteiger partial charge in [-0.05, 0) is 30.7 Å². The van der Waals surface area contributed by atoms with Gasteiger partial charge in [0.1, 0.15) is 0 Å². The number of carbonyl (C=O) groups excluding carboxylic acids is 1. The van der Waals surface area contributed by atoms with Crippen LogP contribution in [0.1, 0.15) is 51.7 Å². The molecule has 0 aliphatic carbocycles. The molecule has 0 aliphatic heterocycles. The summed E-state index contributed by atoms with van der Waals surface area (Å²) in [5, 5.41) is 6.69. The molecular weight excluding hydrogens is 268 g/mol. The van der Waals surface area contributed by atoms with Crippen LogP contribution in [0, 0.1) is 18.3 Å². The van der Waals surface area contributed by atoms with Gasteiger partial charge in [0.15, 0.2) is 5.82 Å². The summed E-state index contributed by atoms with van der Waals surface area (Å²) in [5.41, 5.74) is 5.84. The van der Waals surface area contributed by atoms with Gasteiger partial charge in [-0.25, -0.2) is 0 Å². The van der Waals surface area contributed by atoms with Crippen molar-refractivity contribution in [3.63, 3.8) is 0 Å². The average molecular weight is 296 g/mol. The fraction of sp³-hybridized carbons (Fsp3) is 0.800. The maximum Gasteiger partial charge on any atom is 0.223 e. The van der Waals surface area contributed by atoms with Gasteiger partial charge < -0.3 is 15.6 Å². The minimum absolute atomic E-state index is 0.0708. The maximum absolute atomic E-state index is 11.9. The van der Waals surface area contributed by atoms with E-state index in [0.29, 0.717) is 43.6 Å². The zero-order valence-corrected chi connectivity index (χ0v) is 13.6. The molecule has 0 saturated heterocycles. The number of carbonyl (C=O) groups is 1. The van der Waals surface area contributed by atoms with Crippen molar-refractivity contribution in [2.75, 3.05) is 13.1 Å². The highest BCUT2D eigenvalue weighted by molar-refractivity contribution is 5.75. The molecule has 0 aromatic carbocycles. The zero-order chi connectivity index (χ0) is 15.9. The Morgan fingerprint density at radius 3 is 2.62 bits per heavy atom. The zero-order valence-electron chi connectivity index (χ0n) is 13.6. The molecule has 1 rings (SSSR count). The Hall–Kier alpha value is -1.43. The Balaban J connectivity index is 2.26. The van der Waals surface area contributed by atoms with Crippen LogP contribution in [0.15, 0.2) is 4.52 Å². The number of nitrogens with one attached hydrogen (secondary N) is 1. The number of aryl methyl sites for hydroxylation is 1. The van der Waals surface area contributed by atoms with E-state index in [-0.39, 0.29) is 11.3 Å². The number of amides is 1. The molecule has 1 amide bonds. The van der Waals surface area contributed by atoms with E-state index in [4.69, 9.17) is 10.3 Å². The minimum atomic E-state index is 0.0708. The lowest BCUT2D eigenvalue weighted by atomic mass is 9.76. The van der Waals surface area contributed by atoms with E-state index in [0.717, 1.165) is 12.8 Å². The van der Waals surface area contributed by atoms with E-state index in [2.05, 4.69) is 36.2 Å². The first-order valence-electron chi connectivity index (χ1n) is 7.59. The summed E-state index contributed by atoms with van der Waals surface area (Å²) >= 11 is 0. The first-order chi connectivity index (χ1) is 9.82. The largest absolute Gasteiger partial charge is 0.356 e. The highest BCUT2D eigenvalue weighted by Crippen LogP contribution is 2.31. The van der Waals surface area contributed by atoms with Crippen LogP contribution in [0.4, 0.5) is 0 Å². The topological polar surface area (TPSA) is 94.0 Å². The minimum Gasteiger partial charge on any atom is -0.356 e. The van der Waals surface area contributed by atoms with Gasteiger partial charge in [-0.3, -0.25) is 4.79 Å². The number of nitrogens with zero attached hydrogens (tertiary/aromatic N) is 2. The van der Waals surface area contributed by atoms with Gasteiger partial charge in [0, 0.05) is 26.3 Å². The standard InChI is InChI=1S/C15H28N4O2/c1-11-18-13(19-21-11)8-10-17-14(20)6-5-12(7-9-16)15(2,3)4/h12H,5-10,16H2,1-4H3,(H,17,20). The summed E-state index contributed by atoms with van der Waals surface area (Å²) in [6.07, 6.45) is 2.95. The molecule has 0 bridgehead atoms. The van der Waals surface area contributed by atoms with E-state index in [9.17, 15) is 4.79 Å². The lowest BCUT2D eigenvalue weighted by Crippen LogP contribution is -2.29. The van der Waals surface area contributed by atoms with Crippen molar-refractivity contribution < 1.29 is 9.32 Å². The molecule has 1 atom stereocenters. The van der Waals surface area contributed by atoms with Gasteiger partial charge in [-0.2, -0.15) is 4.98 Å².